The number of aliphatic hydroxyl groups excluding tert-OH is 1. The standard InChI is InChI=1S/C20H25N5O4/c1-2-28-20(27)24-10-8-23(9-11-24)13-18-22-17-4-3-7-21-19(17)25(18)12-15-5-6-16(14-26)29-15/h3-7,26H,2,8-14H2,1H3. The topological polar surface area (TPSA) is 96.9 Å². The van der Waals surface area contributed by atoms with Gasteiger partial charge in [-0.25, -0.2) is 14.8 Å². The maximum Gasteiger partial charge on any atom is 0.409 e. The monoisotopic (exact) mass is 399 g/mol. The van der Waals surface area contributed by atoms with Crippen molar-refractivity contribution < 1.29 is 19.1 Å². The number of aromatic nitrogens is 3. The average Bonchev–Trinajstić information content (AvgIpc) is 3.34. The third kappa shape index (κ3) is 4.25. The van der Waals surface area contributed by atoms with Crippen molar-refractivity contribution in [2.75, 3.05) is 32.8 Å². The molecule has 1 amide bonds. The van der Waals surface area contributed by atoms with Gasteiger partial charge in [-0.1, -0.05) is 0 Å². The molecule has 9 heteroatoms. The second-order valence-electron chi connectivity index (χ2n) is 6.95. The summed E-state index contributed by atoms with van der Waals surface area (Å²) in [6.45, 7) is 6.00. The zero-order valence-corrected chi connectivity index (χ0v) is 16.5. The molecule has 0 saturated carbocycles. The number of hydrogen-bond acceptors (Lipinski definition) is 7. The van der Waals surface area contributed by atoms with Crippen molar-refractivity contribution in [2.24, 2.45) is 0 Å². The van der Waals surface area contributed by atoms with Gasteiger partial charge in [0, 0.05) is 32.4 Å². The first-order valence-electron chi connectivity index (χ1n) is 9.80. The maximum absolute atomic E-state index is 11.9. The van der Waals surface area contributed by atoms with Crippen LogP contribution in [0.2, 0.25) is 0 Å². The van der Waals surface area contributed by atoms with Gasteiger partial charge in [-0.05, 0) is 31.2 Å². The van der Waals surface area contributed by atoms with E-state index in [-0.39, 0.29) is 12.7 Å². The van der Waals surface area contributed by atoms with Crippen LogP contribution in [0.25, 0.3) is 11.2 Å². The Morgan fingerprint density at radius 3 is 2.69 bits per heavy atom. The third-order valence-electron chi connectivity index (χ3n) is 5.03. The molecular formula is C20H25N5O4. The van der Waals surface area contributed by atoms with Gasteiger partial charge in [0.2, 0.25) is 0 Å². The molecule has 0 aromatic carbocycles. The highest BCUT2D eigenvalue weighted by Crippen LogP contribution is 2.19. The highest BCUT2D eigenvalue weighted by Gasteiger charge is 2.24. The van der Waals surface area contributed by atoms with Crippen LogP contribution in [-0.4, -0.2) is 68.3 Å². The Labute approximate surface area is 168 Å². The Kier molecular flexibility index (Phi) is 5.77. The number of amides is 1. The molecule has 1 aliphatic heterocycles. The highest BCUT2D eigenvalue weighted by atomic mass is 16.6. The van der Waals surface area contributed by atoms with Crippen molar-refractivity contribution >= 4 is 17.3 Å². The maximum atomic E-state index is 11.9. The number of nitrogens with zero attached hydrogens (tertiary/aromatic N) is 5. The smallest absolute Gasteiger partial charge is 0.409 e. The minimum absolute atomic E-state index is 0.124. The summed E-state index contributed by atoms with van der Waals surface area (Å²) in [5.74, 6) is 2.17. The number of pyridine rings is 1. The first-order chi connectivity index (χ1) is 14.2. The molecule has 3 aromatic rings. The number of imidazole rings is 1. The molecule has 0 bridgehead atoms. The highest BCUT2D eigenvalue weighted by molar-refractivity contribution is 5.71. The summed E-state index contributed by atoms with van der Waals surface area (Å²) in [6.07, 6.45) is 1.50. The molecule has 3 aromatic heterocycles. The largest absolute Gasteiger partial charge is 0.462 e. The van der Waals surface area contributed by atoms with E-state index < -0.39 is 0 Å². The van der Waals surface area contributed by atoms with Crippen LogP contribution in [0.4, 0.5) is 4.79 Å². The molecule has 154 valence electrons. The number of aliphatic hydroxyl groups is 1. The number of hydrogen-bond donors (Lipinski definition) is 1. The van der Waals surface area contributed by atoms with Crippen LogP contribution < -0.4 is 0 Å². The van der Waals surface area contributed by atoms with Crippen LogP contribution in [-0.2, 0) is 24.4 Å². The molecule has 4 rings (SSSR count). The van der Waals surface area contributed by atoms with Gasteiger partial charge in [0.15, 0.2) is 5.65 Å². The van der Waals surface area contributed by atoms with Crippen LogP contribution >= 0.6 is 0 Å². The number of piperazine rings is 1. The predicted molar refractivity (Wildman–Crippen MR) is 105 cm³/mol. The quantitative estimate of drug-likeness (QED) is 0.675. The Morgan fingerprint density at radius 1 is 1.17 bits per heavy atom. The molecule has 0 spiro atoms. The Bertz CT molecular complexity index is 974. The fraction of sp³-hybridized carbons (Fsp3) is 0.450. The second-order valence-corrected chi connectivity index (χ2v) is 6.95. The van der Waals surface area contributed by atoms with Gasteiger partial charge in [0.25, 0.3) is 0 Å². The molecule has 1 aliphatic rings. The van der Waals surface area contributed by atoms with Crippen molar-refractivity contribution in [1.29, 1.82) is 0 Å². The number of rotatable bonds is 6. The molecular weight excluding hydrogens is 374 g/mol. The molecule has 1 saturated heterocycles. The van der Waals surface area contributed by atoms with E-state index in [4.69, 9.17) is 14.1 Å². The van der Waals surface area contributed by atoms with E-state index in [1.54, 1.807) is 17.2 Å². The zero-order valence-electron chi connectivity index (χ0n) is 16.5. The predicted octanol–water partition coefficient (Wildman–Crippen LogP) is 1.84. The van der Waals surface area contributed by atoms with Crippen molar-refractivity contribution in [1.82, 2.24) is 24.3 Å². The molecule has 0 unspecified atom stereocenters. The van der Waals surface area contributed by atoms with Crippen molar-refractivity contribution in [2.45, 2.75) is 26.6 Å². The molecule has 29 heavy (non-hydrogen) atoms. The molecule has 0 radical (unpaired) electrons. The van der Waals surface area contributed by atoms with Crippen LogP contribution in [0.5, 0.6) is 0 Å². The van der Waals surface area contributed by atoms with Gasteiger partial charge in [-0.15, -0.1) is 0 Å². The van der Waals surface area contributed by atoms with E-state index in [1.807, 2.05) is 29.7 Å². The summed E-state index contributed by atoms with van der Waals surface area (Å²) in [6, 6.07) is 7.46. The molecule has 0 atom stereocenters. The molecule has 0 aliphatic carbocycles. The Hall–Kier alpha value is -2.91. The number of carbonyl (C=O) groups excluding carboxylic acids is 1. The lowest BCUT2D eigenvalue weighted by Crippen LogP contribution is -2.48. The molecule has 1 fully saturated rings. The summed E-state index contributed by atoms with van der Waals surface area (Å²) in [5.41, 5.74) is 1.64. The summed E-state index contributed by atoms with van der Waals surface area (Å²) in [7, 11) is 0. The number of furan rings is 1. The minimum atomic E-state index is -0.249. The van der Waals surface area contributed by atoms with Gasteiger partial charge in [0.1, 0.15) is 29.5 Å². The SMILES string of the molecule is CCOC(=O)N1CCN(Cc2nc3cccnc3n2Cc2ccc(CO)o2)CC1. The van der Waals surface area contributed by atoms with Crippen LogP contribution in [0.1, 0.15) is 24.3 Å². The fourth-order valence-corrected chi connectivity index (χ4v) is 3.54. The fourth-order valence-electron chi connectivity index (χ4n) is 3.54. The Balaban J connectivity index is 1.51. The lowest BCUT2D eigenvalue weighted by atomic mass is 10.3. The number of ether oxygens (including phenoxy) is 1. The molecule has 9 nitrogen and oxygen atoms in total. The zero-order chi connectivity index (χ0) is 20.2. The lowest BCUT2D eigenvalue weighted by molar-refractivity contribution is 0.0769. The van der Waals surface area contributed by atoms with Gasteiger partial charge >= 0.3 is 6.09 Å². The second kappa shape index (κ2) is 8.62. The van der Waals surface area contributed by atoms with E-state index in [2.05, 4.69) is 9.88 Å². The Morgan fingerprint density at radius 2 is 1.97 bits per heavy atom. The third-order valence-corrected chi connectivity index (χ3v) is 5.03. The average molecular weight is 399 g/mol. The van der Waals surface area contributed by atoms with E-state index >= 15 is 0 Å². The molecule has 4 heterocycles. The van der Waals surface area contributed by atoms with Gasteiger partial charge < -0.3 is 23.7 Å². The van der Waals surface area contributed by atoms with E-state index in [0.29, 0.717) is 38.5 Å². The van der Waals surface area contributed by atoms with Gasteiger partial charge in [-0.2, -0.15) is 0 Å². The van der Waals surface area contributed by atoms with E-state index in [0.717, 1.165) is 35.8 Å². The first kappa shape index (κ1) is 19.4. The summed E-state index contributed by atoms with van der Waals surface area (Å²) in [5, 5.41) is 9.25. The summed E-state index contributed by atoms with van der Waals surface area (Å²) < 4.78 is 12.8. The molecule has 1 N–H and O–H groups in total. The van der Waals surface area contributed by atoms with Crippen LogP contribution in [0.3, 0.4) is 0 Å². The lowest BCUT2D eigenvalue weighted by Gasteiger charge is -2.33. The number of fused-ring (bicyclic) bond motifs is 1. The van der Waals surface area contributed by atoms with Gasteiger partial charge in [-0.3, -0.25) is 4.90 Å². The minimum Gasteiger partial charge on any atom is -0.462 e. The van der Waals surface area contributed by atoms with Crippen LogP contribution in [0.15, 0.2) is 34.9 Å². The van der Waals surface area contributed by atoms with Crippen LogP contribution in [0, 0.1) is 0 Å². The van der Waals surface area contributed by atoms with Crippen molar-refractivity contribution in [3.63, 3.8) is 0 Å². The summed E-state index contributed by atoms with van der Waals surface area (Å²) in [4.78, 5) is 25.2. The summed E-state index contributed by atoms with van der Waals surface area (Å²) >= 11 is 0. The first-order valence-corrected chi connectivity index (χ1v) is 9.80. The number of carbonyl (C=O) groups is 1. The van der Waals surface area contributed by atoms with Crippen molar-refractivity contribution in [3.8, 4) is 0 Å². The van der Waals surface area contributed by atoms with E-state index in [9.17, 15) is 9.90 Å². The van der Waals surface area contributed by atoms with Gasteiger partial charge in [0.05, 0.1) is 19.7 Å². The van der Waals surface area contributed by atoms with Crippen molar-refractivity contribution in [3.05, 3.63) is 47.8 Å². The normalized spacial score (nSPS) is 15.2. The van der Waals surface area contributed by atoms with E-state index in [1.165, 1.54) is 0 Å².